The lowest BCUT2D eigenvalue weighted by Gasteiger charge is -2.37. The van der Waals surface area contributed by atoms with Crippen LogP contribution in [0.5, 0.6) is 0 Å². The molecule has 0 aromatic heterocycles. The molecule has 1 aliphatic carbocycles. The Morgan fingerprint density at radius 3 is 2.78 bits per heavy atom. The van der Waals surface area contributed by atoms with E-state index in [1.807, 2.05) is 24.3 Å². The Kier molecular flexibility index (Phi) is 6.53. The molecule has 1 aliphatic heterocycles. The fourth-order valence-electron chi connectivity index (χ4n) is 4.39. The predicted octanol–water partition coefficient (Wildman–Crippen LogP) is 4.23. The molecule has 3 rings (SSSR count). The van der Waals surface area contributed by atoms with Crippen LogP contribution in [0.25, 0.3) is 0 Å². The molecule has 1 saturated carbocycles. The lowest BCUT2D eigenvalue weighted by Crippen LogP contribution is -2.36. The summed E-state index contributed by atoms with van der Waals surface area (Å²) in [4.78, 5) is 26.3. The molecule has 27 heavy (non-hydrogen) atoms. The summed E-state index contributed by atoms with van der Waals surface area (Å²) in [6.07, 6.45) is 5.02. The first-order valence-electron chi connectivity index (χ1n) is 10.3. The third-order valence-electron chi connectivity index (χ3n) is 5.93. The van der Waals surface area contributed by atoms with Crippen LogP contribution in [0.15, 0.2) is 24.3 Å². The summed E-state index contributed by atoms with van der Waals surface area (Å²) >= 11 is 0. The SMILES string of the molecule is CC(C)[C@@H]1CC[C@@H](C)C[C@@H]1OCC(=O)Nc1ccccc1N1CCCC1=O. The van der Waals surface area contributed by atoms with Crippen LogP contribution in [0.2, 0.25) is 0 Å². The Bertz CT molecular complexity index is 673. The van der Waals surface area contributed by atoms with Gasteiger partial charge in [0.1, 0.15) is 6.61 Å². The van der Waals surface area contributed by atoms with Crippen LogP contribution in [-0.2, 0) is 14.3 Å². The first-order chi connectivity index (χ1) is 13.0. The molecule has 0 bridgehead atoms. The molecule has 3 atom stereocenters. The quantitative estimate of drug-likeness (QED) is 0.813. The van der Waals surface area contributed by atoms with Gasteiger partial charge < -0.3 is 15.0 Å². The van der Waals surface area contributed by atoms with Gasteiger partial charge in [0, 0.05) is 13.0 Å². The van der Waals surface area contributed by atoms with Crippen LogP contribution >= 0.6 is 0 Å². The molecule has 2 fully saturated rings. The van der Waals surface area contributed by atoms with Crippen molar-refractivity contribution in [3.63, 3.8) is 0 Å². The lowest BCUT2D eigenvalue weighted by atomic mass is 9.75. The predicted molar refractivity (Wildman–Crippen MR) is 108 cm³/mol. The van der Waals surface area contributed by atoms with E-state index in [-0.39, 0.29) is 24.5 Å². The van der Waals surface area contributed by atoms with Gasteiger partial charge in [0.15, 0.2) is 0 Å². The number of hydrogen-bond acceptors (Lipinski definition) is 3. The molecule has 148 valence electrons. The maximum atomic E-state index is 12.5. The molecule has 2 aliphatic rings. The number of nitrogens with zero attached hydrogens (tertiary/aromatic N) is 1. The fourth-order valence-corrected chi connectivity index (χ4v) is 4.39. The number of nitrogens with one attached hydrogen (secondary N) is 1. The first-order valence-corrected chi connectivity index (χ1v) is 10.3. The number of benzene rings is 1. The van der Waals surface area contributed by atoms with Crippen molar-refractivity contribution in [2.75, 3.05) is 23.4 Å². The Hall–Kier alpha value is -1.88. The second-order valence-electron chi connectivity index (χ2n) is 8.39. The maximum absolute atomic E-state index is 12.5. The Labute approximate surface area is 162 Å². The second kappa shape index (κ2) is 8.87. The number of rotatable bonds is 6. The van der Waals surface area contributed by atoms with Crippen LogP contribution in [0.1, 0.15) is 52.9 Å². The zero-order chi connectivity index (χ0) is 19.4. The number of para-hydroxylation sites is 2. The fraction of sp³-hybridized carbons (Fsp3) is 0.636. The highest BCUT2D eigenvalue weighted by Crippen LogP contribution is 2.35. The van der Waals surface area contributed by atoms with Crippen molar-refractivity contribution >= 4 is 23.2 Å². The van der Waals surface area contributed by atoms with Gasteiger partial charge >= 0.3 is 0 Å². The summed E-state index contributed by atoms with van der Waals surface area (Å²) in [5.74, 6) is 1.68. The van der Waals surface area contributed by atoms with Crippen molar-refractivity contribution in [3.8, 4) is 0 Å². The highest BCUT2D eigenvalue weighted by Gasteiger charge is 2.32. The average molecular weight is 373 g/mol. The van der Waals surface area contributed by atoms with Crippen molar-refractivity contribution in [2.45, 2.75) is 59.0 Å². The van der Waals surface area contributed by atoms with Gasteiger partial charge in [0.2, 0.25) is 11.8 Å². The van der Waals surface area contributed by atoms with Gasteiger partial charge in [-0.3, -0.25) is 9.59 Å². The van der Waals surface area contributed by atoms with Crippen LogP contribution in [0.3, 0.4) is 0 Å². The smallest absolute Gasteiger partial charge is 0.250 e. The van der Waals surface area contributed by atoms with E-state index in [4.69, 9.17) is 4.74 Å². The molecule has 1 saturated heterocycles. The number of carbonyl (C=O) groups excluding carboxylic acids is 2. The normalized spacial score (nSPS) is 25.9. The van der Waals surface area contributed by atoms with E-state index < -0.39 is 0 Å². The average Bonchev–Trinajstić information content (AvgIpc) is 3.06. The van der Waals surface area contributed by atoms with E-state index >= 15 is 0 Å². The molecule has 2 amide bonds. The van der Waals surface area contributed by atoms with Gasteiger partial charge in [-0.15, -0.1) is 0 Å². The minimum Gasteiger partial charge on any atom is -0.368 e. The maximum Gasteiger partial charge on any atom is 0.250 e. The molecule has 0 spiro atoms. The van der Waals surface area contributed by atoms with Crippen LogP contribution in [0.4, 0.5) is 11.4 Å². The highest BCUT2D eigenvalue weighted by atomic mass is 16.5. The van der Waals surface area contributed by atoms with Crippen LogP contribution < -0.4 is 10.2 Å². The number of anilines is 2. The van der Waals surface area contributed by atoms with Gasteiger partial charge in [-0.25, -0.2) is 0 Å². The lowest BCUT2D eigenvalue weighted by molar-refractivity contribution is -0.126. The number of amides is 2. The number of carbonyl (C=O) groups is 2. The van der Waals surface area contributed by atoms with E-state index in [9.17, 15) is 9.59 Å². The van der Waals surface area contributed by atoms with Crippen molar-refractivity contribution in [2.24, 2.45) is 17.8 Å². The molecular weight excluding hydrogens is 340 g/mol. The molecule has 0 unspecified atom stereocenters. The van der Waals surface area contributed by atoms with Crippen molar-refractivity contribution in [1.29, 1.82) is 0 Å². The summed E-state index contributed by atoms with van der Waals surface area (Å²) in [6, 6.07) is 7.50. The van der Waals surface area contributed by atoms with Crippen molar-refractivity contribution < 1.29 is 14.3 Å². The van der Waals surface area contributed by atoms with Crippen molar-refractivity contribution in [3.05, 3.63) is 24.3 Å². The van der Waals surface area contributed by atoms with Gasteiger partial charge in [0.25, 0.3) is 0 Å². The monoisotopic (exact) mass is 372 g/mol. The minimum absolute atomic E-state index is 0.0584. The summed E-state index contributed by atoms with van der Waals surface area (Å²) in [5.41, 5.74) is 1.46. The third kappa shape index (κ3) is 4.89. The largest absolute Gasteiger partial charge is 0.368 e. The third-order valence-corrected chi connectivity index (χ3v) is 5.93. The van der Waals surface area contributed by atoms with Gasteiger partial charge in [-0.05, 0) is 49.1 Å². The van der Waals surface area contributed by atoms with E-state index in [2.05, 4.69) is 26.1 Å². The molecule has 1 aromatic carbocycles. The Morgan fingerprint density at radius 1 is 1.30 bits per heavy atom. The topological polar surface area (TPSA) is 58.6 Å². The van der Waals surface area contributed by atoms with E-state index in [0.29, 0.717) is 36.4 Å². The molecule has 1 heterocycles. The van der Waals surface area contributed by atoms with Crippen LogP contribution in [0, 0.1) is 17.8 Å². The summed E-state index contributed by atoms with van der Waals surface area (Å²) in [5, 5.41) is 2.95. The molecule has 5 heteroatoms. The Balaban J connectivity index is 1.60. The van der Waals surface area contributed by atoms with Gasteiger partial charge in [0.05, 0.1) is 17.5 Å². The van der Waals surface area contributed by atoms with E-state index in [1.165, 1.54) is 12.8 Å². The van der Waals surface area contributed by atoms with E-state index in [0.717, 1.165) is 18.5 Å². The first kappa shape index (κ1) is 19.9. The number of hydrogen-bond donors (Lipinski definition) is 1. The van der Waals surface area contributed by atoms with E-state index in [1.54, 1.807) is 4.90 Å². The summed E-state index contributed by atoms with van der Waals surface area (Å²) in [6.45, 7) is 7.50. The minimum atomic E-state index is -0.158. The Morgan fingerprint density at radius 2 is 2.07 bits per heavy atom. The number of ether oxygens (including phenoxy) is 1. The molecule has 1 N–H and O–H groups in total. The molecule has 0 radical (unpaired) electrons. The molecule has 5 nitrogen and oxygen atoms in total. The molecule has 1 aromatic rings. The summed E-state index contributed by atoms with van der Waals surface area (Å²) in [7, 11) is 0. The summed E-state index contributed by atoms with van der Waals surface area (Å²) < 4.78 is 6.06. The second-order valence-corrected chi connectivity index (χ2v) is 8.39. The standard InChI is InChI=1S/C22H32N2O3/c1-15(2)17-11-10-16(3)13-20(17)27-14-21(25)23-18-7-4-5-8-19(18)24-12-6-9-22(24)26/h4-5,7-8,15-17,20H,6,9-14H2,1-3H3,(H,23,25)/t16-,17+,20+/m1/s1. The molecular formula is C22H32N2O3. The van der Waals surface area contributed by atoms with Gasteiger partial charge in [-0.1, -0.05) is 39.3 Å². The zero-order valence-corrected chi connectivity index (χ0v) is 16.7. The highest BCUT2D eigenvalue weighted by molar-refractivity contribution is 6.02. The van der Waals surface area contributed by atoms with Crippen LogP contribution in [-0.4, -0.2) is 31.1 Å². The van der Waals surface area contributed by atoms with Gasteiger partial charge in [-0.2, -0.15) is 0 Å². The zero-order valence-electron chi connectivity index (χ0n) is 16.7. The van der Waals surface area contributed by atoms with Crippen molar-refractivity contribution in [1.82, 2.24) is 0 Å².